The molecule has 0 aliphatic heterocycles. The van der Waals surface area contributed by atoms with Gasteiger partial charge in [-0.05, 0) is 26.0 Å². The van der Waals surface area contributed by atoms with Crippen molar-refractivity contribution >= 4 is 17.3 Å². The molecule has 0 amide bonds. The fraction of sp³-hybridized carbons (Fsp3) is 0.455. The van der Waals surface area contributed by atoms with Crippen LogP contribution in [0, 0.1) is 17.2 Å². The second-order valence-corrected chi connectivity index (χ2v) is 3.71. The van der Waals surface area contributed by atoms with Crippen LogP contribution in [-0.2, 0) is 0 Å². The highest BCUT2D eigenvalue weighted by atomic mass is 15.2. The molecule has 1 aromatic heterocycles. The van der Waals surface area contributed by atoms with Crippen LogP contribution in [0.4, 0.5) is 17.3 Å². The first-order chi connectivity index (χ1) is 7.58. The van der Waals surface area contributed by atoms with Crippen LogP contribution in [0.15, 0.2) is 12.1 Å². The lowest BCUT2D eigenvalue weighted by Gasteiger charge is -2.23. The van der Waals surface area contributed by atoms with Gasteiger partial charge in [-0.3, -0.25) is 0 Å². The Balaban J connectivity index is 2.87. The van der Waals surface area contributed by atoms with Crippen molar-refractivity contribution in [3.05, 3.63) is 12.1 Å². The summed E-state index contributed by atoms with van der Waals surface area (Å²) >= 11 is 0. The minimum absolute atomic E-state index is 0.0412. The molecular formula is C11H17N5. The van der Waals surface area contributed by atoms with E-state index < -0.39 is 0 Å². The highest BCUT2D eigenvalue weighted by Gasteiger charge is 2.10. The van der Waals surface area contributed by atoms with Crippen LogP contribution >= 0.6 is 0 Å². The van der Waals surface area contributed by atoms with Crippen LogP contribution < -0.4 is 16.4 Å². The number of hydrogen-bond acceptors (Lipinski definition) is 5. The Bertz CT molecular complexity index is 396. The summed E-state index contributed by atoms with van der Waals surface area (Å²) in [6.07, 6.45) is 0. The Morgan fingerprint density at radius 3 is 2.69 bits per heavy atom. The number of aromatic nitrogens is 1. The van der Waals surface area contributed by atoms with E-state index in [2.05, 4.69) is 11.1 Å². The molecule has 1 heterocycles. The standard InChI is InChI=1S/C11H17N5/c1-3-16(7-8(2)6-12)10-5-4-9(13)11(14)15-10/h4-5,8H,3,7,13H2,1-2H3,(H2,14,15). The van der Waals surface area contributed by atoms with Gasteiger partial charge >= 0.3 is 0 Å². The molecule has 0 aliphatic rings. The Kier molecular flexibility index (Phi) is 3.95. The molecule has 0 bridgehead atoms. The highest BCUT2D eigenvalue weighted by Crippen LogP contribution is 2.18. The molecule has 0 saturated heterocycles. The third-order valence-electron chi connectivity index (χ3n) is 2.36. The zero-order valence-electron chi connectivity index (χ0n) is 9.64. The third-order valence-corrected chi connectivity index (χ3v) is 2.36. The van der Waals surface area contributed by atoms with Gasteiger partial charge in [-0.25, -0.2) is 4.98 Å². The van der Waals surface area contributed by atoms with Crippen molar-refractivity contribution in [2.24, 2.45) is 5.92 Å². The molecule has 0 spiro atoms. The van der Waals surface area contributed by atoms with Gasteiger partial charge in [0.25, 0.3) is 0 Å². The maximum Gasteiger partial charge on any atom is 0.149 e. The van der Waals surface area contributed by atoms with Crippen molar-refractivity contribution in [3.8, 4) is 6.07 Å². The monoisotopic (exact) mass is 219 g/mol. The SMILES string of the molecule is CCN(CC(C)C#N)c1ccc(N)c(N)n1. The van der Waals surface area contributed by atoms with Gasteiger partial charge < -0.3 is 16.4 Å². The summed E-state index contributed by atoms with van der Waals surface area (Å²) in [5.74, 6) is 1.05. The van der Waals surface area contributed by atoms with E-state index in [0.717, 1.165) is 12.4 Å². The van der Waals surface area contributed by atoms with Crippen molar-refractivity contribution in [3.63, 3.8) is 0 Å². The van der Waals surface area contributed by atoms with Gasteiger partial charge in [-0.2, -0.15) is 5.26 Å². The van der Waals surface area contributed by atoms with Gasteiger partial charge in [0.15, 0.2) is 0 Å². The first-order valence-corrected chi connectivity index (χ1v) is 5.25. The summed E-state index contributed by atoms with van der Waals surface area (Å²) in [6.45, 7) is 5.31. The molecule has 0 saturated carbocycles. The summed E-state index contributed by atoms with van der Waals surface area (Å²) in [5, 5.41) is 8.78. The van der Waals surface area contributed by atoms with Crippen LogP contribution in [0.1, 0.15) is 13.8 Å². The molecular weight excluding hydrogens is 202 g/mol. The van der Waals surface area contributed by atoms with Crippen molar-refractivity contribution in [1.82, 2.24) is 4.98 Å². The molecule has 0 aliphatic carbocycles. The zero-order chi connectivity index (χ0) is 12.1. The van der Waals surface area contributed by atoms with E-state index in [1.165, 1.54) is 0 Å². The van der Waals surface area contributed by atoms with E-state index in [9.17, 15) is 0 Å². The summed E-state index contributed by atoms with van der Waals surface area (Å²) in [7, 11) is 0. The second-order valence-electron chi connectivity index (χ2n) is 3.71. The van der Waals surface area contributed by atoms with Crippen molar-refractivity contribution in [1.29, 1.82) is 5.26 Å². The number of anilines is 3. The minimum Gasteiger partial charge on any atom is -0.396 e. The summed E-state index contributed by atoms with van der Waals surface area (Å²) in [5.41, 5.74) is 11.7. The predicted octanol–water partition coefficient (Wildman–Crippen LogP) is 1.23. The van der Waals surface area contributed by atoms with Crippen LogP contribution in [0.2, 0.25) is 0 Å². The average Bonchev–Trinajstić information content (AvgIpc) is 2.29. The summed E-state index contributed by atoms with van der Waals surface area (Å²) < 4.78 is 0. The van der Waals surface area contributed by atoms with E-state index in [1.807, 2.05) is 24.8 Å². The second kappa shape index (κ2) is 5.21. The first-order valence-electron chi connectivity index (χ1n) is 5.25. The predicted molar refractivity (Wildman–Crippen MR) is 65.7 cm³/mol. The molecule has 5 heteroatoms. The zero-order valence-corrected chi connectivity index (χ0v) is 9.64. The third kappa shape index (κ3) is 2.76. The lowest BCUT2D eigenvalue weighted by Crippen LogP contribution is -2.28. The smallest absolute Gasteiger partial charge is 0.149 e. The van der Waals surface area contributed by atoms with Gasteiger partial charge in [-0.15, -0.1) is 0 Å². The highest BCUT2D eigenvalue weighted by molar-refractivity contribution is 5.62. The first kappa shape index (κ1) is 12.1. The number of rotatable bonds is 4. The molecule has 4 N–H and O–H groups in total. The van der Waals surface area contributed by atoms with Gasteiger partial charge in [0.1, 0.15) is 11.6 Å². The average molecular weight is 219 g/mol. The molecule has 0 radical (unpaired) electrons. The molecule has 1 unspecified atom stereocenters. The van der Waals surface area contributed by atoms with Crippen molar-refractivity contribution < 1.29 is 0 Å². The van der Waals surface area contributed by atoms with Gasteiger partial charge in [0.2, 0.25) is 0 Å². The number of nitrogens with two attached hydrogens (primary N) is 2. The summed E-state index contributed by atoms with van der Waals surface area (Å²) in [4.78, 5) is 6.20. The van der Waals surface area contributed by atoms with Crippen LogP contribution in [0.3, 0.4) is 0 Å². The maximum atomic E-state index is 8.78. The molecule has 0 aromatic carbocycles. The Morgan fingerprint density at radius 1 is 1.50 bits per heavy atom. The Labute approximate surface area is 95.7 Å². The fourth-order valence-electron chi connectivity index (χ4n) is 1.41. The molecule has 5 nitrogen and oxygen atoms in total. The van der Waals surface area contributed by atoms with E-state index in [0.29, 0.717) is 18.1 Å². The lowest BCUT2D eigenvalue weighted by molar-refractivity contribution is 0.680. The molecule has 1 aromatic rings. The van der Waals surface area contributed by atoms with Gasteiger partial charge in [0, 0.05) is 13.1 Å². The Morgan fingerprint density at radius 2 is 2.19 bits per heavy atom. The van der Waals surface area contributed by atoms with E-state index in [-0.39, 0.29) is 5.92 Å². The van der Waals surface area contributed by atoms with E-state index >= 15 is 0 Å². The number of nitrogens with zero attached hydrogens (tertiary/aromatic N) is 3. The van der Waals surface area contributed by atoms with Crippen molar-refractivity contribution in [2.75, 3.05) is 29.5 Å². The summed E-state index contributed by atoms with van der Waals surface area (Å²) in [6, 6.07) is 5.75. The number of pyridine rings is 1. The number of hydrogen-bond donors (Lipinski definition) is 2. The maximum absolute atomic E-state index is 8.78. The minimum atomic E-state index is -0.0412. The molecule has 1 rings (SSSR count). The van der Waals surface area contributed by atoms with Crippen LogP contribution in [-0.4, -0.2) is 18.1 Å². The van der Waals surface area contributed by atoms with Crippen LogP contribution in [0.25, 0.3) is 0 Å². The molecule has 0 fully saturated rings. The van der Waals surface area contributed by atoms with Gasteiger partial charge in [-0.1, -0.05) is 0 Å². The van der Waals surface area contributed by atoms with Gasteiger partial charge in [0.05, 0.1) is 17.7 Å². The Hall–Kier alpha value is -1.96. The largest absolute Gasteiger partial charge is 0.396 e. The molecule has 16 heavy (non-hydrogen) atoms. The van der Waals surface area contributed by atoms with Crippen molar-refractivity contribution in [2.45, 2.75) is 13.8 Å². The lowest BCUT2D eigenvalue weighted by atomic mass is 10.2. The van der Waals surface area contributed by atoms with E-state index in [4.69, 9.17) is 16.7 Å². The normalized spacial score (nSPS) is 11.8. The molecule has 86 valence electrons. The van der Waals surface area contributed by atoms with E-state index in [1.54, 1.807) is 6.07 Å². The van der Waals surface area contributed by atoms with Crippen LogP contribution in [0.5, 0.6) is 0 Å². The number of nitrogen functional groups attached to an aromatic ring is 2. The number of nitriles is 1. The topological polar surface area (TPSA) is 92.0 Å². The quantitative estimate of drug-likeness (QED) is 0.794. The molecule has 1 atom stereocenters. The fourth-order valence-corrected chi connectivity index (χ4v) is 1.41.